The van der Waals surface area contributed by atoms with Gasteiger partial charge in [0.05, 0.1) is 11.1 Å². The van der Waals surface area contributed by atoms with E-state index in [1.165, 1.54) is 23.4 Å². The molecule has 4 rings (SSSR count). The van der Waals surface area contributed by atoms with Crippen molar-refractivity contribution in [2.45, 2.75) is 31.2 Å². The first-order chi connectivity index (χ1) is 15.4. The highest BCUT2D eigenvalue weighted by Gasteiger charge is 2.19. The van der Waals surface area contributed by atoms with Crippen LogP contribution in [0.5, 0.6) is 11.5 Å². The Bertz CT molecular complexity index is 1310. The minimum absolute atomic E-state index is 0.131. The molecule has 0 fully saturated rings. The first kappa shape index (κ1) is 21.9. The maximum Gasteiger partial charge on any atom is 0.332 e. The minimum atomic E-state index is -0.435. The van der Waals surface area contributed by atoms with Crippen LogP contribution in [0.4, 0.5) is 0 Å². The van der Waals surface area contributed by atoms with Crippen molar-refractivity contribution in [3.8, 4) is 11.5 Å². The standard InChI is InChI=1S/C22H24N4O5S/c1-4-5-14-10-24-20-18(21(28)26(3)22(29)25(20)2)19(14)32-11-17(27)23-9-13-6-7-15-16(8-13)31-12-30-15/h6-8,10H,4-5,9,11-12H2,1-3H3,(H,23,27). The number of pyridine rings is 1. The van der Waals surface area contributed by atoms with Crippen LogP contribution in [0.15, 0.2) is 38.9 Å². The van der Waals surface area contributed by atoms with Crippen LogP contribution in [-0.4, -0.2) is 32.6 Å². The van der Waals surface area contributed by atoms with E-state index in [-0.39, 0.29) is 18.5 Å². The van der Waals surface area contributed by atoms with E-state index in [1.807, 2.05) is 25.1 Å². The van der Waals surface area contributed by atoms with Crippen molar-refractivity contribution in [2.24, 2.45) is 14.1 Å². The molecule has 1 N–H and O–H groups in total. The molecule has 0 spiro atoms. The second kappa shape index (κ2) is 9.07. The quantitative estimate of drug-likeness (QED) is 0.540. The van der Waals surface area contributed by atoms with Crippen LogP contribution >= 0.6 is 11.8 Å². The monoisotopic (exact) mass is 456 g/mol. The predicted octanol–water partition coefficient (Wildman–Crippen LogP) is 1.72. The topological polar surface area (TPSA) is 104 Å². The summed E-state index contributed by atoms with van der Waals surface area (Å²) in [5.41, 5.74) is 1.27. The Kier molecular flexibility index (Phi) is 6.22. The Balaban J connectivity index is 1.55. The highest BCUT2D eigenvalue weighted by molar-refractivity contribution is 8.00. The summed E-state index contributed by atoms with van der Waals surface area (Å²) in [5, 5.41) is 3.27. The van der Waals surface area contributed by atoms with E-state index < -0.39 is 11.2 Å². The Morgan fingerprint density at radius 3 is 2.75 bits per heavy atom. The molecule has 1 amide bonds. The van der Waals surface area contributed by atoms with Gasteiger partial charge >= 0.3 is 5.69 Å². The van der Waals surface area contributed by atoms with E-state index in [4.69, 9.17) is 9.47 Å². The smallest absolute Gasteiger partial charge is 0.332 e. The molecular weight excluding hydrogens is 432 g/mol. The predicted molar refractivity (Wildman–Crippen MR) is 121 cm³/mol. The summed E-state index contributed by atoms with van der Waals surface area (Å²) in [4.78, 5) is 42.8. The number of aryl methyl sites for hydroxylation is 2. The molecule has 0 bridgehead atoms. The van der Waals surface area contributed by atoms with Crippen molar-refractivity contribution in [1.29, 1.82) is 0 Å². The van der Waals surface area contributed by atoms with Gasteiger partial charge in [-0.15, -0.1) is 11.8 Å². The molecule has 1 aromatic carbocycles. The Labute approximate surface area is 188 Å². The van der Waals surface area contributed by atoms with Gasteiger partial charge in [0, 0.05) is 31.7 Å². The number of aromatic nitrogens is 3. The molecule has 0 atom stereocenters. The third kappa shape index (κ3) is 4.10. The van der Waals surface area contributed by atoms with Gasteiger partial charge in [-0.3, -0.25) is 18.7 Å². The largest absolute Gasteiger partial charge is 0.454 e. The number of thioether (sulfide) groups is 1. The number of nitrogens with zero attached hydrogens (tertiary/aromatic N) is 3. The molecule has 1 aliphatic heterocycles. The SMILES string of the molecule is CCCc1cnc2c(c1SCC(=O)NCc1ccc3c(c1)OCO3)c(=O)n(C)c(=O)n2C. The lowest BCUT2D eigenvalue weighted by atomic mass is 10.1. The van der Waals surface area contributed by atoms with E-state index in [9.17, 15) is 14.4 Å². The van der Waals surface area contributed by atoms with E-state index in [1.54, 1.807) is 13.2 Å². The fourth-order valence-electron chi connectivity index (χ4n) is 3.59. The summed E-state index contributed by atoms with van der Waals surface area (Å²) < 4.78 is 13.1. The van der Waals surface area contributed by atoms with Crippen LogP contribution in [0.3, 0.4) is 0 Å². The molecule has 3 heterocycles. The molecule has 1 aliphatic rings. The Morgan fingerprint density at radius 1 is 1.19 bits per heavy atom. The molecule has 0 radical (unpaired) electrons. The molecule has 168 valence electrons. The maximum atomic E-state index is 12.9. The number of ether oxygens (including phenoxy) is 2. The first-order valence-corrected chi connectivity index (χ1v) is 11.2. The lowest BCUT2D eigenvalue weighted by Crippen LogP contribution is -2.37. The molecule has 0 unspecified atom stereocenters. The van der Waals surface area contributed by atoms with E-state index in [0.717, 1.165) is 28.5 Å². The van der Waals surface area contributed by atoms with Crippen molar-refractivity contribution in [2.75, 3.05) is 12.5 Å². The van der Waals surface area contributed by atoms with Crippen LogP contribution in [0.1, 0.15) is 24.5 Å². The fourth-order valence-corrected chi connectivity index (χ4v) is 4.63. The van der Waals surface area contributed by atoms with Crippen molar-refractivity contribution in [1.82, 2.24) is 19.4 Å². The number of rotatable bonds is 7. The lowest BCUT2D eigenvalue weighted by molar-refractivity contribution is -0.118. The van der Waals surface area contributed by atoms with Crippen molar-refractivity contribution < 1.29 is 14.3 Å². The second-order valence-electron chi connectivity index (χ2n) is 7.52. The average molecular weight is 457 g/mol. The van der Waals surface area contributed by atoms with E-state index in [2.05, 4.69) is 10.3 Å². The van der Waals surface area contributed by atoms with Gasteiger partial charge in [0.1, 0.15) is 5.65 Å². The van der Waals surface area contributed by atoms with Gasteiger partial charge < -0.3 is 14.8 Å². The number of hydrogen-bond donors (Lipinski definition) is 1. The van der Waals surface area contributed by atoms with Crippen molar-refractivity contribution in [3.63, 3.8) is 0 Å². The van der Waals surface area contributed by atoms with Crippen molar-refractivity contribution >= 4 is 28.7 Å². The fraction of sp³-hybridized carbons (Fsp3) is 0.364. The number of hydrogen-bond acceptors (Lipinski definition) is 7. The third-order valence-corrected chi connectivity index (χ3v) is 6.45. The molecule has 0 aliphatic carbocycles. The Morgan fingerprint density at radius 2 is 1.97 bits per heavy atom. The molecule has 0 saturated carbocycles. The number of fused-ring (bicyclic) bond motifs is 2. The molecule has 10 heteroatoms. The number of benzene rings is 1. The van der Waals surface area contributed by atoms with Gasteiger partial charge in [0.15, 0.2) is 11.5 Å². The van der Waals surface area contributed by atoms with Crippen LogP contribution in [0.2, 0.25) is 0 Å². The van der Waals surface area contributed by atoms with Gasteiger partial charge in [-0.2, -0.15) is 0 Å². The van der Waals surface area contributed by atoms with Gasteiger partial charge in [-0.25, -0.2) is 9.78 Å². The Hall–Kier alpha value is -3.27. The molecule has 0 saturated heterocycles. The zero-order valence-electron chi connectivity index (χ0n) is 18.1. The minimum Gasteiger partial charge on any atom is -0.454 e. The molecule has 32 heavy (non-hydrogen) atoms. The first-order valence-electron chi connectivity index (χ1n) is 10.3. The maximum absolute atomic E-state index is 12.9. The average Bonchev–Trinajstić information content (AvgIpc) is 3.27. The van der Waals surface area contributed by atoms with E-state index >= 15 is 0 Å². The summed E-state index contributed by atoms with van der Waals surface area (Å²) in [6, 6.07) is 5.54. The molecule has 2 aromatic heterocycles. The number of carbonyl (C=O) groups excluding carboxylic acids is 1. The zero-order chi connectivity index (χ0) is 22.8. The summed E-state index contributed by atoms with van der Waals surface area (Å²) in [5.74, 6) is 1.33. The summed E-state index contributed by atoms with van der Waals surface area (Å²) in [7, 11) is 3.03. The highest BCUT2D eigenvalue weighted by atomic mass is 32.2. The summed E-state index contributed by atoms with van der Waals surface area (Å²) in [6.07, 6.45) is 3.27. The van der Waals surface area contributed by atoms with Gasteiger partial charge in [-0.05, 0) is 29.7 Å². The van der Waals surface area contributed by atoms with Gasteiger partial charge in [0.25, 0.3) is 5.56 Å². The molecule has 9 nitrogen and oxygen atoms in total. The van der Waals surface area contributed by atoms with Crippen LogP contribution in [0.25, 0.3) is 11.0 Å². The van der Waals surface area contributed by atoms with Crippen LogP contribution < -0.4 is 26.0 Å². The highest BCUT2D eigenvalue weighted by Crippen LogP contribution is 2.32. The van der Waals surface area contributed by atoms with Crippen molar-refractivity contribution in [3.05, 3.63) is 56.4 Å². The second-order valence-corrected chi connectivity index (χ2v) is 8.51. The summed E-state index contributed by atoms with van der Waals surface area (Å²) in [6.45, 7) is 2.59. The van der Waals surface area contributed by atoms with Crippen LogP contribution in [0, 0.1) is 0 Å². The zero-order valence-corrected chi connectivity index (χ0v) is 19.0. The molecule has 3 aromatic rings. The number of carbonyl (C=O) groups is 1. The van der Waals surface area contributed by atoms with Gasteiger partial charge in [-0.1, -0.05) is 19.4 Å². The number of nitrogens with one attached hydrogen (secondary N) is 1. The normalized spacial score (nSPS) is 12.3. The van der Waals surface area contributed by atoms with Crippen LogP contribution in [-0.2, 0) is 31.9 Å². The number of amides is 1. The summed E-state index contributed by atoms with van der Waals surface area (Å²) >= 11 is 1.29. The molecular formula is C22H24N4O5S. The van der Waals surface area contributed by atoms with Gasteiger partial charge in [0.2, 0.25) is 12.7 Å². The lowest BCUT2D eigenvalue weighted by Gasteiger charge is -2.14. The third-order valence-electron chi connectivity index (χ3n) is 5.29. The van der Waals surface area contributed by atoms with E-state index in [0.29, 0.717) is 34.0 Å².